The van der Waals surface area contributed by atoms with Gasteiger partial charge < -0.3 is 5.11 Å². The largest absolute Gasteiger partial charge is 0.481 e. The van der Waals surface area contributed by atoms with Crippen LogP contribution in [0.2, 0.25) is 0 Å². The van der Waals surface area contributed by atoms with Gasteiger partial charge in [0.15, 0.2) is 0 Å². The summed E-state index contributed by atoms with van der Waals surface area (Å²) in [7, 11) is -3.89. The molecule has 2 aromatic carbocycles. The van der Waals surface area contributed by atoms with Crippen LogP contribution in [0.3, 0.4) is 0 Å². The summed E-state index contributed by atoms with van der Waals surface area (Å²) in [5.74, 6) is -2.15. The summed E-state index contributed by atoms with van der Waals surface area (Å²) in [6, 6.07) is 11.9. The number of benzene rings is 2. The number of piperazine rings is 1. The maximum atomic E-state index is 13.4. The Morgan fingerprint density at radius 1 is 1.00 bits per heavy atom. The first-order valence-corrected chi connectivity index (χ1v) is 11.8. The number of aliphatic carboxylic acids is 1. The molecular formula is C22H23F3N2O4S. The normalized spacial score (nSPS) is 22.6. The number of alkyl halides is 3. The zero-order valence-electron chi connectivity index (χ0n) is 17.1. The standard InChI is InChI=1S/C22H23F3N2O4S/c23-22(24,25)17-7-5-15(6-8-17)14-26-9-11-27(12-10-26)32(30,31)20-18-4-2-1-3-16(18)13-19(20)21(28)29/h1-8,19-20H,9-14H2,(H,28,29). The zero-order chi connectivity index (χ0) is 23.1. The molecule has 2 atom stereocenters. The van der Waals surface area contributed by atoms with Crippen molar-refractivity contribution in [1.29, 1.82) is 0 Å². The molecule has 4 rings (SSSR count). The summed E-state index contributed by atoms with van der Waals surface area (Å²) in [5, 5.41) is 8.52. The van der Waals surface area contributed by atoms with E-state index in [1.165, 1.54) is 16.4 Å². The predicted molar refractivity (Wildman–Crippen MR) is 111 cm³/mol. The molecule has 172 valence electrons. The van der Waals surface area contributed by atoms with Gasteiger partial charge in [0.25, 0.3) is 0 Å². The van der Waals surface area contributed by atoms with Crippen molar-refractivity contribution in [2.75, 3.05) is 26.2 Å². The smallest absolute Gasteiger partial charge is 0.416 e. The summed E-state index contributed by atoms with van der Waals surface area (Å²) in [4.78, 5) is 13.8. The molecule has 2 unspecified atom stereocenters. The minimum Gasteiger partial charge on any atom is -0.481 e. The average Bonchev–Trinajstić information content (AvgIpc) is 3.15. The van der Waals surface area contributed by atoms with Crippen LogP contribution in [0, 0.1) is 5.92 Å². The highest BCUT2D eigenvalue weighted by Crippen LogP contribution is 2.43. The summed E-state index contributed by atoms with van der Waals surface area (Å²) >= 11 is 0. The predicted octanol–water partition coefficient (Wildman–Crippen LogP) is 3.15. The Bertz CT molecular complexity index is 1090. The quantitative estimate of drug-likeness (QED) is 0.730. The van der Waals surface area contributed by atoms with Crippen molar-refractivity contribution in [2.45, 2.75) is 24.4 Å². The van der Waals surface area contributed by atoms with E-state index >= 15 is 0 Å². The lowest BCUT2D eigenvalue weighted by molar-refractivity contribution is -0.141. The fourth-order valence-electron chi connectivity index (χ4n) is 4.50. The Balaban J connectivity index is 1.44. The molecule has 0 saturated carbocycles. The molecule has 0 bridgehead atoms. The van der Waals surface area contributed by atoms with E-state index in [1.54, 1.807) is 24.3 Å². The van der Waals surface area contributed by atoms with E-state index in [2.05, 4.69) is 0 Å². The molecular weight excluding hydrogens is 445 g/mol. The molecule has 1 heterocycles. The first-order valence-electron chi connectivity index (χ1n) is 10.3. The van der Waals surface area contributed by atoms with Gasteiger partial charge in [-0.05, 0) is 35.2 Å². The van der Waals surface area contributed by atoms with Crippen LogP contribution in [0.25, 0.3) is 0 Å². The van der Waals surface area contributed by atoms with Gasteiger partial charge in [0.1, 0.15) is 5.25 Å². The molecule has 1 saturated heterocycles. The molecule has 0 radical (unpaired) electrons. The maximum Gasteiger partial charge on any atom is 0.416 e. The van der Waals surface area contributed by atoms with E-state index in [9.17, 15) is 31.5 Å². The molecule has 6 nitrogen and oxygen atoms in total. The second kappa shape index (κ2) is 8.49. The number of nitrogens with zero attached hydrogens (tertiary/aromatic N) is 2. The Morgan fingerprint density at radius 3 is 2.22 bits per heavy atom. The molecule has 0 amide bonds. The average molecular weight is 468 g/mol. The van der Waals surface area contributed by atoms with Crippen LogP contribution in [0.4, 0.5) is 13.2 Å². The summed E-state index contributed by atoms with van der Waals surface area (Å²) in [6.45, 7) is 1.64. The van der Waals surface area contributed by atoms with Gasteiger partial charge >= 0.3 is 12.1 Å². The van der Waals surface area contributed by atoms with Crippen LogP contribution in [-0.2, 0) is 34.0 Å². The molecule has 0 spiro atoms. The lowest BCUT2D eigenvalue weighted by atomic mass is 10.1. The van der Waals surface area contributed by atoms with Gasteiger partial charge in [0.2, 0.25) is 10.0 Å². The lowest BCUT2D eigenvalue weighted by Crippen LogP contribution is -2.50. The van der Waals surface area contributed by atoms with E-state index in [1.807, 2.05) is 4.90 Å². The highest BCUT2D eigenvalue weighted by Gasteiger charge is 2.47. The highest BCUT2D eigenvalue weighted by molar-refractivity contribution is 7.89. The maximum absolute atomic E-state index is 13.4. The number of sulfonamides is 1. The number of fused-ring (bicyclic) bond motifs is 1. The Hall–Kier alpha value is -2.43. The Morgan fingerprint density at radius 2 is 1.62 bits per heavy atom. The summed E-state index contributed by atoms with van der Waals surface area (Å²) < 4.78 is 66.3. The highest BCUT2D eigenvalue weighted by atomic mass is 32.2. The van der Waals surface area contributed by atoms with Gasteiger partial charge in [0.05, 0.1) is 11.5 Å². The fourth-order valence-corrected chi connectivity index (χ4v) is 6.68. The summed E-state index contributed by atoms with van der Waals surface area (Å²) in [6.07, 6.45) is -4.20. The van der Waals surface area contributed by atoms with Gasteiger partial charge in [-0.1, -0.05) is 36.4 Å². The van der Waals surface area contributed by atoms with E-state index < -0.39 is 38.9 Å². The van der Waals surface area contributed by atoms with Crippen molar-refractivity contribution < 1.29 is 31.5 Å². The minimum atomic E-state index is -4.38. The van der Waals surface area contributed by atoms with Crippen LogP contribution in [0.5, 0.6) is 0 Å². The molecule has 2 aliphatic rings. The van der Waals surface area contributed by atoms with Crippen LogP contribution in [0.15, 0.2) is 48.5 Å². The fraction of sp³-hybridized carbons (Fsp3) is 0.409. The molecule has 1 aliphatic carbocycles. The van der Waals surface area contributed by atoms with Crippen LogP contribution in [-0.4, -0.2) is 54.9 Å². The van der Waals surface area contributed by atoms with Crippen LogP contribution >= 0.6 is 0 Å². The second-order valence-electron chi connectivity index (χ2n) is 8.18. The number of carbonyl (C=O) groups is 1. The zero-order valence-corrected chi connectivity index (χ0v) is 17.9. The third-order valence-corrected chi connectivity index (χ3v) is 8.49. The van der Waals surface area contributed by atoms with Crippen molar-refractivity contribution in [3.63, 3.8) is 0 Å². The van der Waals surface area contributed by atoms with Crippen LogP contribution in [0.1, 0.15) is 27.5 Å². The third kappa shape index (κ3) is 4.39. The first kappa shape index (κ1) is 22.8. The van der Waals surface area contributed by atoms with Crippen molar-refractivity contribution in [3.05, 3.63) is 70.8 Å². The van der Waals surface area contributed by atoms with Crippen LogP contribution < -0.4 is 0 Å². The van der Waals surface area contributed by atoms with Crippen molar-refractivity contribution in [1.82, 2.24) is 9.21 Å². The van der Waals surface area contributed by atoms with Gasteiger partial charge in [-0.2, -0.15) is 17.5 Å². The molecule has 10 heteroatoms. The van der Waals surface area contributed by atoms with Crippen molar-refractivity contribution >= 4 is 16.0 Å². The van der Waals surface area contributed by atoms with E-state index in [0.717, 1.165) is 17.7 Å². The number of halogens is 3. The molecule has 1 N–H and O–H groups in total. The third-order valence-electron chi connectivity index (χ3n) is 6.18. The molecule has 2 aromatic rings. The molecule has 32 heavy (non-hydrogen) atoms. The van der Waals surface area contributed by atoms with Gasteiger partial charge in [-0.3, -0.25) is 9.69 Å². The lowest BCUT2D eigenvalue weighted by Gasteiger charge is -2.36. The van der Waals surface area contributed by atoms with Crippen molar-refractivity contribution in [2.24, 2.45) is 5.92 Å². The topological polar surface area (TPSA) is 77.9 Å². The van der Waals surface area contributed by atoms with Gasteiger partial charge in [-0.25, -0.2) is 8.42 Å². The summed E-state index contributed by atoms with van der Waals surface area (Å²) in [5.41, 5.74) is 1.30. The number of carboxylic acid groups (broad SMARTS) is 1. The number of rotatable bonds is 5. The first-order chi connectivity index (χ1) is 15.1. The number of hydrogen-bond acceptors (Lipinski definition) is 4. The number of hydrogen-bond donors (Lipinski definition) is 1. The van der Waals surface area contributed by atoms with E-state index in [0.29, 0.717) is 30.8 Å². The molecule has 1 fully saturated rings. The van der Waals surface area contributed by atoms with Gasteiger partial charge in [0, 0.05) is 32.7 Å². The van der Waals surface area contributed by atoms with Crippen molar-refractivity contribution in [3.8, 4) is 0 Å². The SMILES string of the molecule is O=C(O)C1Cc2ccccc2C1S(=O)(=O)N1CCN(Cc2ccc(C(F)(F)F)cc2)CC1. The second-order valence-corrected chi connectivity index (χ2v) is 10.2. The molecule has 1 aliphatic heterocycles. The Kier molecular flexibility index (Phi) is 6.04. The number of carboxylic acids is 1. The van der Waals surface area contributed by atoms with E-state index in [4.69, 9.17) is 0 Å². The van der Waals surface area contributed by atoms with Gasteiger partial charge in [-0.15, -0.1) is 0 Å². The minimum absolute atomic E-state index is 0.184. The molecule has 0 aromatic heterocycles. The monoisotopic (exact) mass is 468 g/mol. The Labute approximate surface area is 184 Å². The van der Waals surface area contributed by atoms with E-state index in [-0.39, 0.29) is 19.5 Å².